The van der Waals surface area contributed by atoms with Crippen LogP contribution in [0.3, 0.4) is 0 Å². The van der Waals surface area contributed by atoms with E-state index in [1.807, 2.05) is 0 Å². The fourth-order valence-corrected chi connectivity index (χ4v) is 2.31. The zero-order valence-electron chi connectivity index (χ0n) is 11.6. The molecule has 0 radical (unpaired) electrons. The fourth-order valence-electron chi connectivity index (χ4n) is 2.08. The quantitative estimate of drug-likeness (QED) is 0.847. The standard InChI is InChI=1S/C14H23BrN2O/c1-5-14(8-16,9-18-4)17-12-6-10(2)13(15)11(3)7-12/h6-7,17H,5,8-9,16H2,1-4H3. The highest BCUT2D eigenvalue weighted by atomic mass is 79.9. The summed E-state index contributed by atoms with van der Waals surface area (Å²) in [6.45, 7) is 7.46. The van der Waals surface area contributed by atoms with Crippen molar-refractivity contribution >= 4 is 21.6 Å². The average Bonchev–Trinajstić information content (AvgIpc) is 2.35. The van der Waals surface area contributed by atoms with Crippen molar-refractivity contribution in [3.05, 3.63) is 27.7 Å². The zero-order chi connectivity index (χ0) is 13.8. The lowest BCUT2D eigenvalue weighted by atomic mass is 9.96. The molecule has 4 heteroatoms. The summed E-state index contributed by atoms with van der Waals surface area (Å²) >= 11 is 3.58. The Bertz CT molecular complexity index is 380. The molecule has 0 fully saturated rings. The van der Waals surface area contributed by atoms with Crippen molar-refractivity contribution in [2.24, 2.45) is 5.73 Å². The summed E-state index contributed by atoms with van der Waals surface area (Å²) in [7, 11) is 1.71. The summed E-state index contributed by atoms with van der Waals surface area (Å²) in [5, 5.41) is 3.53. The average molecular weight is 315 g/mol. The molecule has 0 heterocycles. The number of methoxy groups -OCH3 is 1. The van der Waals surface area contributed by atoms with Crippen LogP contribution in [0.1, 0.15) is 24.5 Å². The molecule has 1 aromatic rings. The number of ether oxygens (including phenoxy) is 1. The molecule has 1 unspecified atom stereocenters. The molecule has 3 nitrogen and oxygen atoms in total. The number of rotatable bonds is 6. The van der Waals surface area contributed by atoms with E-state index in [1.54, 1.807) is 7.11 Å². The van der Waals surface area contributed by atoms with Gasteiger partial charge in [-0.1, -0.05) is 22.9 Å². The highest BCUT2D eigenvalue weighted by Gasteiger charge is 2.26. The van der Waals surface area contributed by atoms with Crippen LogP contribution in [0, 0.1) is 13.8 Å². The van der Waals surface area contributed by atoms with Crippen molar-refractivity contribution in [2.75, 3.05) is 25.6 Å². The van der Waals surface area contributed by atoms with Gasteiger partial charge in [-0.3, -0.25) is 0 Å². The first kappa shape index (κ1) is 15.5. The number of anilines is 1. The molecule has 18 heavy (non-hydrogen) atoms. The van der Waals surface area contributed by atoms with Gasteiger partial charge in [0, 0.05) is 23.8 Å². The van der Waals surface area contributed by atoms with E-state index in [-0.39, 0.29) is 5.54 Å². The second kappa shape index (κ2) is 6.55. The lowest BCUT2D eigenvalue weighted by Crippen LogP contribution is -2.48. The van der Waals surface area contributed by atoms with Gasteiger partial charge in [0.1, 0.15) is 0 Å². The van der Waals surface area contributed by atoms with Crippen molar-refractivity contribution in [1.29, 1.82) is 0 Å². The summed E-state index contributed by atoms with van der Waals surface area (Å²) in [6.07, 6.45) is 0.922. The first-order valence-electron chi connectivity index (χ1n) is 6.22. The summed E-state index contributed by atoms with van der Waals surface area (Å²) in [6, 6.07) is 4.26. The first-order valence-corrected chi connectivity index (χ1v) is 7.01. The normalized spacial score (nSPS) is 14.3. The largest absolute Gasteiger partial charge is 0.382 e. The minimum Gasteiger partial charge on any atom is -0.382 e. The van der Waals surface area contributed by atoms with Gasteiger partial charge < -0.3 is 15.8 Å². The molecule has 0 aliphatic heterocycles. The Morgan fingerprint density at radius 2 is 1.89 bits per heavy atom. The minimum absolute atomic E-state index is 0.193. The van der Waals surface area contributed by atoms with Crippen LogP contribution in [0.5, 0.6) is 0 Å². The Kier molecular flexibility index (Phi) is 5.63. The van der Waals surface area contributed by atoms with Crippen LogP contribution >= 0.6 is 15.9 Å². The molecule has 0 aliphatic carbocycles. The molecule has 0 amide bonds. The molecule has 0 aromatic heterocycles. The Morgan fingerprint density at radius 1 is 1.33 bits per heavy atom. The van der Waals surface area contributed by atoms with Gasteiger partial charge in [-0.15, -0.1) is 0 Å². The van der Waals surface area contributed by atoms with Crippen molar-refractivity contribution in [2.45, 2.75) is 32.7 Å². The number of nitrogens with two attached hydrogens (primary N) is 1. The van der Waals surface area contributed by atoms with Gasteiger partial charge in [-0.2, -0.15) is 0 Å². The topological polar surface area (TPSA) is 47.3 Å². The van der Waals surface area contributed by atoms with Gasteiger partial charge in [-0.25, -0.2) is 0 Å². The van der Waals surface area contributed by atoms with Crippen molar-refractivity contribution in [1.82, 2.24) is 0 Å². The second-order valence-electron chi connectivity index (χ2n) is 4.82. The van der Waals surface area contributed by atoms with Gasteiger partial charge >= 0.3 is 0 Å². The molecule has 1 atom stereocenters. The van der Waals surface area contributed by atoms with E-state index in [0.717, 1.165) is 16.6 Å². The van der Waals surface area contributed by atoms with Crippen molar-refractivity contribution in [3.8, 4) is 0 Å². The van der Waals surface area contributed by atoms with Crippen LogP contribution in [-0.4, -0.2) is 25.8 Å². The maximum Gasteiger partial charge on any atom is 0.0725 e. The van der Waals surface area contributed by atoms with E-state index in [1.165, 1.54) is 11.1 Å². The van der Waals surface area contributed by atoms with Crippen LogP contribution in [0.4, 0.5) is 5.69 Å². The third-order valence-electron chi connectivity index (χ3n) is 3.33. The molecule has 0 spiro atoms. The number of aryl methyl sites for hydroxylation is 2. The Balaban J connectivity index is 3.01. The van der Waals surface area contributed by atoms with E-state index in [4.69, 9.17) is 10.5 Å². The Hall–Kier alpha value is -0.580. The van der Waals surface area contributed by atoms with E-state index >= 15 is 0 Å². The lowest BCUT2D eigenvalue weighted by molar-refractivity contribution is 0.143. The van der Waals surface area contributed by atoms with Gasteiger partial charge in [0.05, 0.1) is 12.1 Å². The monoisotopic (exact) mass is 314 g/mol. The molecule has 102 valence electrons. The number of nitrogens with one attached hydrogen (secondary N) is 1. The number of halogens is 1. The smallest absolute Gasteiger partial charge is 0.0725 e. The molecule has 0 saturated heterocycles. The molecule has 1 rings (SSSR count). The summed E-state index contributed by atoms with van der Waals surface area (Å²) in [4.78, 5) is 0. The molecule has 0 saturated carbocycles. The van der Waals surface area contributed by atoms with E-state index < -0.39 is 0 Å². The highest BCUT2D eigenvalue weighted by Crippen LogP contribution is 2.27. The Morgan fingerprint density at radius 3 is 2.28 bits per heavy atom. The lowest BCUT2D eigenvalue weighted by Gasteiger charge is -2.33. The van der Waals surface area contributed by atoms with Gasteiger partial charge in [0.25, 0.3) is 0 Å². The zero-order valence-corrected chi connectivity index (χ0v) is 13.2. The molecule has 1 aromatic carbocycles. The maximum absolute atomic E-state index is 5.91. The number of hydrogen-bond acceptors (Lipinski definition) is 3. The predicted octanol–water partition coefficient (Wildman–Crippen LogP) is 3.23. The van der Waals surface area contributed by atoms with Crippen molar-refractivity contribution in [3.63, 3.8) is 0 Å². The minimum atomic E-state index is -0.193. The third kappa shape index (κ3) is 3.46. The SMILES string of the molecule is CCC(CN)(COC)Nc1cc(C)c(Br)c(C)c1. The van der Waals surface area contributed by atoms with Crippen LogP contribution < -0.4 is 11.1 Å². The van der Waals surface area contributed by atoms with Crippen LogP contribution in [0.25, 0.3) is 0 Å². The second-order valence-corrected chi connectivity index (χ2v) is 5.61. The number of benzene rings is 1. The molecule has 3 N–H and O–H groups in total. The number of hydrogen-bond donors (Lipinski definition) is 2. The van der Waals surface area contributed by atoms with Crippen LogP contribution in [0.15, 0.2) is 16.6 Å². The molecule has 0 bridgehead atoms. The summed E-state index contributed by atoms with van der Waals surface area (Å²) in [5.41, 5.74) is 9.25. The molecular weight excluding hydrogens is 292 g/mol. The van der Waals surface area contributed by atoms with E-state index in [9.17, 15) is 0 Å². The molecular formula is C14H23BrN2O. The highest BCUT2D eigenvalue weighted by molar-refractivity contribution is 9.10. The fraction of sp³-hybridized carbons (Fsp3) is 0.571. The van der Waals surface area contributed by atoms with E-state index in [0.29, 0.717) is 13.2 Å². The maximum atomic E-state index is 5.91. The van der Waals surface area contributed by atoms with Gasteiger partial charge in [-0.05, 0) is 43.5 Å². The first-order chi connectivity index (χ1) is 8.48. The van der Waals surface area contributed by atoms with E-state index in [2.05, 4.69) is 54.2 Å². The Labute approximate surface area is 118 Å². The van der Waals surface area contributed by atoms with Crippen molar-refractivity contribution < 1.29 is 4.74 Å². The predicted molar refractivity (Wildman–Crippen MR) is 81.2 cm³/mol. The third-order valence-corrected chi connectivity index (χ3v) is 4.58. The van der Waals surface area contributed by atoms with Crippen LogP contribution in [0.2, 0.25) is 0 Å². The summed E-state index contributed by atoms with van der Waals surface area (Å²) < 4.78 is 6.46. The molecule has 0 aliphatic rings. The van der Waals surface area contributed by atoms with Gasteiger partial charge in [0.2, 0.25) is 0 Å². The van der Waals surface area contributed by atoms with Gasteiger partial charge in [0.15, 0.2) is 0 Å². The summed E-state index contributed by atoms with van der Waals surface area (Å²) in [5.74, 6) is 0. The van der Waals surface area contributed by atoms with Crippen LogP contribution in [-0.2, 0) is 4.74 Å².